The van der Waals surface area contributed by atoms with E-state index in [4.69, 9.17) is 22.1 Å². The van der Waals surface area contributed by atoms with Crippen molar-refractivity contribution >= 4 is 44.8 Å². The third-order valence-electron chi connectivity index (χ3n) is 2.48. The van der Waals surface area contributed by atoms with Gasteiger partial charge in [0.15, 0.2) is 6.61 Å². The number of halogens is 2. The molecule has 104 valence electrons. The topological polar surface area (TPSA) is 64.3 Å². The molecule has 2 rings (SSSR count). The van der Waals surface area contributed by atoms with Crippen molar-refractivity contribution in [2.75, 3.05) is 17.7 Å². The van der Waals surface area contributed by atoms with Crippen molar-refractivity contribution in [1.29, 1.82) is 0 Å². The van der Waals surface area contributed by atoms with Crippen LogP contribution in [-0.2, 0) is 4.79 Å². The molecule has 20 heavy (non-hydrogen) atoms. The summed E-state index contributed by atoms with van der Waals surface area (Å²) in [5, 5.41) is 3.12. The van der Waals surface area contributed by atoms with Gasteiger partial charge in [-0.15, -0.1) is 0 Å². The number of para-hydroxylation sites is 2. The second kappa shape index (κ2) is 6.63. The van der Waals surface area contributed by atoms with E-state index in [0.717, 1.165) is 4.47 Å². The van der Waals surface area contributed by atoms with Crippen LogP contribution in [0.1, 0.15) is 0 Å². The quantitative estimate of drug-likeness (QED) is 0.822. The van der Waals surface area contributed by atoms with Gasteiger partial charge in [0.05, 0.1) is 16.4 Å². The molecular formula is C14H12BrClN2O2. The fourth-order valence-electron chi connectivity index (χ4n) is 1.53. The number of ether oxygens (including phenoxy) is 1. The first-order valence-corrected chi connectivity index (χ1v) is 6.95. The Morgan fingerprint density at radius 1 is 1.30 bits per heavy atom. The van der Waals surface area contributed by atoms with E-state index in [0.29, 0.717) is 22.1 Å². The summed E-state index contributed by atoms with van der Waals surface area (Å²) in [6.45, 7) is -0.138. The van der Waals surface area contributed by atoms with Gasteiger partial charge in [-0.1, -0.05) is 39.7 Å². The Labute approximate surface area is 130 Å². The number of hydrogen-bond acceptors (Lipinski definition) is 3. The maximum Gasteiger partial charge on any atom is 0.262 e. The Hall–Kier alpha value is -1.72. The van der Waals surface area contributed by atoms with Crippen molar-refractivity contribution < 1.29 is 9.53 Å². The number of hydrogen-bond donors (Lipinski definition) is 2. The molecule has 0 saturated heterocycles. The van der Waals surface area contributed by atoms with Crippen LogP contribution >= 0.6 is 27.5 Å². The maximum absolute atomic E-state index is 11.8. The second-order valence-corrected chi connectivity index (χ2v) is 5.32. The van der Waals surface area contributed by atoms with Crippen molar-refractivity contribution in [1.82, 2.24) is 0 Å². The van der Waals surface area contributed by atoms with Crippen molar-refractivity contribution in [3.8, 4) is 5.75 Å². The largest absolute Gasteiger partial charge is 0.482 e. The molecule has 2 aromatic carbocycles. The Balaban J connectivity index is 1.94. The highest BCUT2D eigenvalue weighted by molar-refractivity contribution is 9.10. The molecule has 4 nitrogen and oxygen atoms in total. The minimum atomic E-state index is -0.308. The first-order valence-electron chi connectivity index (χ1n) is 5.78. The van der Waals surface area contributed by atoms with Crippen LogP contribution in [0.15, 0.2) is 46.9 Å². The highest BCUT2D eigenvalue weighted by Crippen LogP contribution is 2.25. The smallest absolute Gasteiger partial charge is 0.262 e. The van der Waals surface area contributed by atoms with Gasteiger partial charge in [-0.05, 0) is 30.3 Å². The minimum Gasteiger partial charge on any atom is -0.482 e. The normalized spacial score (nSPS) is 10.1. The predicted octanol–water partition coefficient (Wildman–Crippen LogP) is 3.70. The molecule has 0 fully saturated rings. The van der Waals surface area contributed by atoms with Crippen molar-refractivity contribution in [3.63, 3.8) is 0 Å². The molecule has 6 heteroatoms. The van der Waals surface area contributed by atoms with Crippen LogP contribution in [0.25, 0.3) is 0 Å². The van der Waals surface area contributed by atoms with Gasteiger partial charge in [-0.2, -0.15) is 0 Å². The van der Waals surface area contributed by atoms with E-state index in [1.807, 2.05) is 0 Å². The summed E-state index contributed by atoms with van der Waals surface area (Å²) < 4.78 is 6.19. The van der Waals surface area contributed by atoms with Crippen LogP contribution in [0.3, 0.4) is 0 Å². The Bertz CT molecular complexity index is 634. The zero-order valence-electron chi connectivity index (χ0n) is 10.4. The van der Waals surface area contributed by atoms with Gasteiger partial charge in [-0.25, -0.2) is 0 Å². The second-order valence-electron chi connectivity index (χ2n) is 4.00. The first-order chi connectivity index (χ1) is 9.56. The van der Waals surface area contributed by atoms with Gasteiger partial charge in [0, 0.05) is 4.47 Å². The number of nitrogen functional groups attached to an aromatic ring is 1. The molecule has 0 aliphatic heterocycles. The highest BCUT2D eigenvalue weighted by Gasteiger charge is 2.08. The number of amides is 1. The summed E-state index contributed by atoms with van der Waals surface area (Å²) in [5.74, 6) is 0.169. The highest BCUT2D eigenvalue weighted by atomic mass is 79.9. The lowest BCUT2D eigenvalue weighted by atomic mass is 10.3. The Kier molecular flexibility index (Phi) is 4.87. The zero-order valence-corrected chi connectivity index (χ0v) is 12.7. The average molecular weight is 356 g/mol. The van der Waals surface area contributed by atoms with Crippen molar-refractivity contribution in [2.24, 2.45) is 0 Å². The molecule has 0 aliphatic carbocycles. The van der Waals surface area contributed by atoms with Crippen LogP contribution in [0.5, 0.6) is 5.75 Å². The minimum absolute atomic E-state index is 0.138. The molecule has 0 aromatic heterocycles. The van der Waals surface area contributed by atoms with E-state index < -0.39 is 0 Å². The average Bonchev–Trinajstić information content (AvgIpc) is 2.41. The Morgan fingerprint density at radius 3 is 2.75 bits per heavy atom. The van der Waals surface area contributed by atoms with Crippen LogP contribution < -0.4 is 15.8 Å². The molecule has 0 unspecified atom stereocenters. The van der Waals surface area contributed by atoms with Crippen LogP contribution in [-0.4, -0.2) is 12.5 Å². The van der Waals surface area contributed by atoms with Gasteiger partial charge in [0.1, 0.15) is 5.75 Å². The summed E-state index contributed by atoms with van der Waals surface area (Å²) >= 11 is 9.31. The summed E-state index contributed by atoms with van der Waals surface area (Å²) in [4.78, 5) is 11.8. The van der Waals surface area contributed by atoms with E-state index in [9.17, 15) is 4.79 Å². The molecular weight excluding hydrogens is 344 g/mol. The molecule has 1 amide bonds. The number of nitrogens with two attached hydrogens (primary N) is 1. The van der Waals surface area contributed by atoms with Crippen LogP contribution in [0, 0.1) is 0 Å². The molecule has 0 atom stereocenters. The molecule has 0 bridgehead atoms. The predicted molar refractivity (Wildman–Crippen MR) is 84.1 cm³/mol. The van der Waals surface area contributed by atoms with E-state index in [1.54, 1.807) is 42.5 Å². The summed E-state index contributed by atoms with van der Waals surface area (Å²) in [5.41, 5.74) is 6.74. The van der Waals surface area contributed by atoms with Gasteiger partial charge in [-0.3, -0.25) is 4.79 Å². The fourth-order valence-corrected chi connectivity index (χ4v) is 2.25. The third kappa shape index (κ3) is 3.88. The number of rotatable bonds is 4. The number of carbonyl (C=O) groups excluding carboxylic acids is 1. The van der Waals surface area contributed by atoms with E-state index in [2.05, 4.69) is 21.2 Å². The first kappa shape index (κ1) is 14.7. The molecule has 0 spiro atoms. The number of carbonyl (C=O) groups is 1. The lowest BCUT2D eigenvalue weighted by Crippen LogP contribution is -2.20. The summed E-state index contributed by atoms with van der Waals surface area (Å²) in [6, 6.07) is 12.2. The number of anilines is 2. The number of nitrogens with one attached hydrogen (secondary N) is 1. The molecule has 2 aromatic rings. The maximum atomic E-state index is 11.8. The molecule has 0 heterocycles. The van der Waals surface area contributed by atoms with Crippen LogP contribution in [0.4, 0.5) is 11.4 Å². The SMILES string of the molecule is Nc1ccccc1OCC(=O)Nc1ccc(Br)cc1Cl. The molecule has 0 radical (unpaired) electrons. The van der Waals surface area contributed by atoms with Gasteiger partial charge < -0.3 is 15.8 Å². The molecule has 0 saturated carbocycles. The van der Waals surface area contributed by atoms with Gasteiger partial charge in [0.25, 0.3) is 5.91 Å². The van der Waals surface area contributed by atoms with E-state index >= 15 is 0 Å². The molecule has 0 aliphatic rings. The summed E-state index contributed by atoms with van der Waals surface area (Å²) in [6.07, 6.45) is 0. The lowest BCUT2D eigenvalue weighted by molar-refractivity contribution is -0.118. The van der Waals surface area contributed by atoms with Crippen LogP contribution in [0.2, 0.25) is 5.02 Å². The van der Waals surface area contributed by atoms with E-state index in [-0.39, 0.29) is 12.5 Å². The Morgan fingerprint density at radius 2 is 2.05 bits per heavy atom. The van der Waals surface area contributed by atoms with E-state index in [1.165, 1.54) is 0 Å². The zero-order chi connectivity index (χ0) is 14.5. The lowest BCUT2D eigenvalue weighted by Gasteiger charge is -2.10. The third-order valence-corrected chi connectivity index (χ3v) is 3.29. The van der Waals surface area contributed by atoms with Gasteiger partial charge in [0.2, 0.25) is 0 Å². The van der Waals surface area contributed by atoms with Gasteiger partial charge >= 0.3 is 0 Å². The molecule has 3 N–H and O–H groups in total. The number of benzene rings is 2. The van der Waals surface area contributed by atoms with Crippen molar-refractivity contribution in [2.45, 2.75) is 0 Å². The fraction of sp³-hybridized carbons (Fsp3) is 0.0714. The van der Waals surface area contributed by atoms with Crippen molar-refractivity contribution in [3.05, 3.63) is 52.0 Å². The summed E-state index contributed by atoms with van der Waals surface area (Å²) in [7, 11) is 0. The monoisotopic (exact) mass is 354 g/mol. The standard InChI is InChI=1S/C14H12BrClN2O2/c15-9-5-6-12(10(16)7-9)18-14(19)8-20-13-4-2-1-3-11(13)17/h1-7H,8,17H2,(H,18,19).